The van der Waals surface area contributed by atoms with Crippen molar-refractivity contribution in [1.82, 2.24) is 10.2 Å². The molecule has 0 fully saturated rings. The molecule has 0 aliphatic carbocycles. The predicted molar refractivity (Wildman–Crippen MR) is 81.9 cm³/mol. The monoisotopic (exact) mass is 273 g/mol. The van der Waals surface area contributed by atoms with E-state index >= 15 is 0 Å². The average molecular weight is 273 g/mol. The number of carbonyl (C=O) groups excluding carboxylic acids is 1. The van der Waals surface area contributed by atoms with Gasteiger partial charge in [-0.1, -0.05) is 30.9 Å². The number of carbonyl (C=O) groups is 1. The Morgan fingerprint density at radius 1 is 1.40 bits per heavy atom. The summed E-state index contributed by atoms with van der Waals surface area (Å²) < 4.78 is 0. The molecule has 0 bridgehead atoms. The van der Waals surface area contributed by atoms with Crippen LogP contribution in [0.3, 0.4) is 0 Å². The third kappa shape index (κ3) is 5.43. The lowest BCUT2D eigenvalue weighted by Gasteiger charge is -2.20. The minimum Gasteiger partial charge on any atom is -0.359 e. The average Bonchev–Trinajstić information content (AvgIpc) is 2.45. The lowest BCUT2D eigenvalue weighted by Crippen LogP contribution is -2.34. The molecule has 1 unspecified atom stereocenters. The molecule has 0 spiro atoms. The van der Waals surface area contributed by atoms with E-state index in [1.165, 1.54) is 5.56 Å². The molecule has 1 rings (SSSR count). The summed E-state index contributed by atoms with van der Waals surface area (Å²) in [5.41, 5.74) is 7.52. The van der Waals surface area contributed by atoms with Gasteiger partial charge in [-0.25, -0.2) is 0 Å². The second-order valence-corrected chi connectivity index (χ2v) is 4.91. The molecule has 1 aromatic rings. The maximum atomic E-state index is 11.5. The highest BCUT2D eigenvalue weighted by Gasteiger charge is 2.13. The Balaban J connectivity index is 2.53. The zero-order valence-electron chi connectivity index (χ0n) is 12.4. The second-order valence-electron chi connectivity index (χ2n) is 4.91. The number of nitrogens with zero attached hydrogens (tertiary/aromatic N) is 1. The summed E-state index contributed by atoms with van der Waals surface area (Å²) in [6, 6.07) is 8.10. The van der Waals surface area contributed by atoms with Gasteiger partial charge in [0.1, 0.15) is 0 Å². The molecule has 4 nitrogen and oxygen atoms in total. The fourth-order valence-corrected chi connectivity index (χ4v) is 2.02. The van der Waals surface area contributed by atoms with E-state index in [0.717, 1.165) is 18.7 Å². The van der Waals surface area contributed by atoms with Gasteiger partial charge >= 0.3 is 0 Å². The lowest BCUT2D eigenvalue weighted by atomic mass is 10.1. The number of hydrogen-bond donors (Lipinski definition) is 2. The highest BCUT2D eigenvalue weighted by atomic mass is 16.1. The van der Waals surface area contributed by atoms with Crippen LogP contribution in [0.25, 0.3) is 0 Å². The van der Waals surface area contributed by atoms with Crippen molar-refractivity contribution >= 4 is 5.91 Å². The standard InChI is InChI=1S/C16H23N3O/c1-13(16(20)18-2)11-19(3)12-15-8-6-14(7-9-15)5-4-10-17/h6-9,13H,10-12,17H2,1-3H3,(H,18,20). The van der Waals surface area contributed by atoms with E-state index in [2.05, 4.69) is 34.2 Å². The highest BCUT2D eigenvalue weighted by molar-refractivity contribution is 5.78. The number of amides is 1. The van der Waals surface area contributed by atoms with Crippen molar-refractivity contribution in [2.75, 3.05) is 27.2 Å². The van der Waals surface area contributed by atoms with Crippen LogP contribution in [0.1, 0.15) is 18.1 Å². The molecular formula is C16H23N3O. The summed E-state index contributed by atoms with van der Waals surface area (Å²) >= 11 is 0. The van der Waals surface area contributed by atoms with Crippen molar-refractivity contribution in [1.29, 1.82) is 0 Å². The Morgan fingerprint density at radius 3 is 2.60 bits per heavy atom. The SMILES string of the molecule is CNC(=O)C(C)CN(C)Cc1ccc(C#CCN)cc1. The van der Waals surface area contributed by atoms with Crippen LogP contribution in [0.5, 0.6) is 0 Å². The predicted octanol–water partition coefficient (Wildman–Crippen LogP) is 0.811. The molecule has 1 amide bonds. The first-order chi connectivity index (χ1) is 9.56. The number of nitrogens with two attached hydrogens (primary N) is 1. The summed E-state index contributed by atoms with van der Waals surface area (Å²) in [5.74, 6) is 5.89. The highest BCUT2D eigenvalue weighted by Crippen LogP contribution is 2.08. The van der Waals surface area contributed by atoms with Crippen LogP contribution < -0.4 is 11.1 Å². The molecule has 0 radical (unpaired) electrons. The van der Waals surface area contributed by atoms with Crippen molar-refractivity contribution in [2.24, 2.45) is 11.7 Å². The Kier molecular flexibility index (Phi) is 6.78. The minimum absolute atomic E-state index is 0.0142. The fourth-order valence-electron chi connectivity index (χ4n) is 2.02. The van der Waals surface area contributed by atoms with E-state index in [1.54, 1.807) is 7.05 Å². The van der Waals surface area contributed by atoms with Gasteiger partial charge in [-0.3, -0.25) is 4.79 Å². The normalized spacial score (nSPS) is 11.7. The van der Waals surface area contributed by atoms with E-state index in [4.69, 9.17) is 5.73 Å². The molecule has 1 aromatic carbocycles. The summed E-state index contributed by atoms with van der Waals surface area (Å²) in [6.07, 6.45) is 0. The molecule has 20 heavy (non-hydrogen) atoms. The van der Waals surface area contributed by atoms with Crippen LogP contribution >= 0.6 is 0 Å². The Labute approximate surface area is 121 Å². The Hall–Kier alpha value is -1.83. The van der Waals surface area contributed by atoms with Crippen LogP contribution in [0.15, 0.2) is 24.3 Å². The van der Waals surface area contributed by atoms with Crippen molar-refractivity contribution in [3.05, 3.63) is 35.4 Å². The minimum atomic E-state index is -0.0142. The molecule has 1 atom stereocenters. The second kappa shape index (κ2) is 8.36. The van der Waals surface area contributed by atoms with E-state index in [-0.39, 0.29) is 11.8 Å². The van der Waals surface area contributed by atoms with E-state index in [9.17, 15) is 4.79 Å². The molecule has 0 saturated carbocycles. The summed E-state index contributed by atoms with van der Waals surface area (Å²) in [6.45, 7) is 3.85. The first-order valence-corrected chi connectivity index (χ1v) is 6.74. The smallest absolute Gasteiger partial charge is 0.223 e. The van der Waals surface area contributed by atoms with Crippen LogP contribution in [0.4, 0.5) is 0 Å². The van der Waals surface area contributed by atoms with E-state index in [0.29, 0.717) is 6.54 Å². The molecule has 0 heterocycles. The van der Waals surface area contributed by atoms with Crippen molar-refractivity contribution in [2.45, 2.75) is 13.5 Å². The number of benzene rings is 1. The molecule has 3 N–H and O–H groups in total. The van der Waals surface area contributed by atoms with Crippen molar-refractivity contribution in [3.8, 4) is 11.8 Å². The van der Waals surface area contributed by atoms with Gasteiger partial charge in [0.05, 0.1) is 6.54 Å². The quantitative estimate of drug-likeness (QED) is 0.781. The van der Waals surface area contributed by atoms with Crippen LogP contribution in [-0.2, 0) is 11.3 Å². The number of rotatable bonds is 5. The van der Waals surface area contributed by atoms with E-state index < -0.39 is 0 Å². The van der Waals surface area contributed by atoms with Gasteiger partial charge in [-0.05, 0) is 24.7 Å². The van der Waals surface area contributed by atoms with Gasteiger partial charge in [0, 0.05) is 31.6 Å². The molecule has 0 saturated heterocycles. The van der Waals surface area contributed by atoms with Crippen LogP contribution in [0, 0.1) is 17.8 Å². The number of hydrogen-bond acceptors (Lipinski definition) is 3. The van der Waals surface area contributed by atoms with Gasteiger partial charge in [0.15, 0.2) is 0 Å². The molecule has 0 aliphatic heterocycles. The topological polar surface area (TPSA) is 58.4 Å². The van der Waals surface area contributed by atoms with Gasteiger partial charge in [-0.15, -0.1) is 0 Å². The summed E-state index contributed by atoms with van der Waals surface area (Å²) in [4.78, 5) is 13.6. The maximum absolute atomic E-state index is 11.5. The van der Waals surface area contributed by atoms with E-state index in [1.807, 2.05) is 26.1 Å². The van der Waals surface area contributed by atoms with Gasteiger partial charge in [-0.2, -0.15) is 0 Å². The van der Waals surface area contributed by atoms with Gasteiger partial charge < -0.3 is 16.0 Å². The Bertz CT molecular complexity index is 485. The molecule has 0 aliphatic rings. The summed E-state index contributed by atoms with van der Waals surface area (Å²) in [5, 5.41) is 2.67. The zero-order valence-corrected chi connectivity index (χ0v) is 12.4. The van der Waals surface area contributed by atoms with Crippen molar-refractivity contribution in [3.63, 3.8) is 0 Å². The zero-order chi connectivity index (χ0) is 15.0. The third-order valence-electron chi connectivity index (χ3n) is 3.02. The summed E-state index contributed by atoms with van der Waals surface area (Å²) in [7, 11) is 3.68. The maximum Gasteiger partial charge on any atom is 0.223 e. The van der Waals surface area contributed by atoms with Crippen molar-refractivity contribution < 1.29 is 4.79 Å². The van der Waals surface area contributed by atoms with Crippen LogP contribution in [0.2, 0.25) is 0 Å². The van der Waals surface area contributed by atoms with Crippen LogP contribution in [-0.4, -0.2) is 38.0 Å². The largest absolute Gasteiger partial charge is 0.359 e. The molecule has 108 valence electrons. The first kappa shape index (κ1) is 16.2. The molecule has 4 heteroatoms. The number of nitrogens with one attached hydrogen (secondary N) is 1. The lowest BCUT2D eigenvalue weighted by molar-refractivity contribution is -0.124. The Morgan fingerprint density at radius 2 is 2.05 bits per heavy atom. The van der Waals surface area contributed by atoms with Gasteiger partial charge in [0.2, 0.25) is 5.91 Å². The first-order valence-electron chi connectivity index (χ1n) is 6.74. The molecule has 0 aromatic heterocycles. The fraction of sp³-hybridized carbons (Fsp3) is 0.438. The van der Waals surface area contributed by atoms with Gasteiger partial charge in [0.25, 0.3) is 0 Å². The molecular weight excluding hydrogens is 250 g/mol. The third-order valence-corrected chi connectivity index (χ3v) is 3.02.